The number of fused-ring (bicyclic) bond motifs is 1. The van der Waals surface area contributed by atoms with Gasteiger partial charge in [-0.05, 0) is 30.3 Å². The zero-order valence-electron chi connectivity index (χ0n) is 17.1. The number of nitrogens with zero attached hydrogens (tertiary/aromatic N) is 1. The highest BCUT2D eigenvalue weighted by Crippen LogP contribution is 2.21. The second-order valence-corrected chi connectivity index (χ2v) is 6.84. The van der Waals surface area contributed by atoms with Crippen LogP contribution in [0.15, 0.2) is 72.8 Å². The molecular weight excluding hydrogens is 410 g/mol. The van der Waals surface area contributed by atoms with E-state index in [1.165, 1.54) is 13.2 Å². The first-order chi connectivity index (χ1) is 15.5. The van der Waals surface area contributed by atoms with Gasteiger partial charge < -0.3 is 19.8 Å². The summed E-state index contributed by atoms with van der Waals surface area (Å²) in [6, 6.07) is 20.9. The molecule has 0 aliphatic rings. The van der Waals surface area contributed by atoms with Gasteiger partial charge in [0, 0.05) is 5.56 Å². The maximum atomic E-state index is 12.4. The fraction of sp³-hybridized carbons (Fsp3) is 0.0833. The normalized spacial score (nSPS) is 10.5. The standard InChI is InChI=1S/C24H19N3O5/c1-31-24(30)17-9-5-6-10-18(17)25-21(28)14-32-23(29)16-11-12-19-20(13-16)27-22(26-19)15-7-3-2-4-8-15/h2-13H,14H2,1H3,(H,25,28)(H,26,27). The van der Waals surface area contributed by atoms with E-state index in [9.17, 15) is 14.4 Å². The molecule has 0 aliphatic carbocycles. The molecule has 1 aromatic heterocycles. The first-order valence-corrected chi connectivity index (χ1v) is 9.74. The van der Waals surface area contributed by atoms with Crippen LogP contribution in [0.25, 0.3) is 22.4 Å². The number of anilines is 1. The molecule has 160 valence electrons. The average Bonchev–Trinajstić information content (AvgIpc) is 3.26. The molecule has 0 saturated carbocycles. The van der Waals surface area contributed by atoms with Crippen molar-refractivity contribution in [3.8, 4) is 11.4 Å². The fourth-order valence-electron chi connectivity index (χ4n) is 3.15. The van der Waals surface area contributed by atoms with E-state index in [-0.39, 0.29) is 16.8 Å². The molecule has 0 aliphatic heterocycles. The molecule has 32 heavy (non-hydrogen) atoms. The largest absolute Gasteiger partial charge is 0.465 e. The third-order valence-electron chi connectivity index (χ3n) is 4.71. The third kappa shape index (κ3) is 4.49. The highest BCUT2D eigenvalue weighted by molar-refractivity contribution is 6.02. The minimum Gasteiger partial charge on any atom is -0.465 e. The SMILES string of the molecule is COC(=O)c1ccccc1NC(=O)COC(=O)c1ccc2nc(-c3ccccc3)[nH]c2c1. The van der Waals surface area contributed by atoms with Gasteiger partial charge in [0.1, 0.15) is 5.82 Å². The van der Waals surface area contributed by atoms with Crippen LogP contribution in [0.5, 0.6) is 0 Å². The number of aromatic nitrogens is 2. The molecule has 8 nitrogen and oxygen atoms in total. The summed E-state index contributed by atoms with van der Waals surface area (Å²) in [4.78, 5) is 44.2. The van der Waals surface area contributed by atoms with Crippen LogP contribution in [0.2, 0.25) is 0 Å². The van der Waals surface area contributed by atoms with E-state index in [4.69, 9.17) is 9.47 Å². The molecule has 0 bridgehead atoms. The van der Waals surface area contributed by atoms with Crippen LogP contribution in [-0.4, -0.2) is 41.5 Å². The van der Waals surface area contributed by atoms with E-state index in [1.54, 1.807) is 36.4 Å². The van der Waals surface area contributed by atoms with Crippen LogP contribution in [0.3, 0.4) is 0 Å². The molecule has 2 N–H and O–H groups in total. The number of methoxy groups -OCH3 is 1. The van der Waals surface area contributed by atoms with Crippen molar-refractivity contribution < 1.29 is 23.9 Å². The van der Waals surface area contributed by atoms with Gasteiger partial charge in [-0.3, -0.25) is 4.79 Å². The van der Waals surface area contributed by atoms with E-state index >= 15 is 0 Å². The molecular formula is C24H19N3O5. The van der Waals surface area contributed by atoms with Crippen molar-refractivity contribution in [3.63, 3.8) is 0 Å². The Bertz CT molecular complexity index is 1300. The topological polar surface area (TPSA) is 110 Å². The van der Waals surface area contributed by atoms with Gasteiger partial charge in [-0.1, -0.05) is 42.5 Å². The minimum atomic E-state index is -0.654. The summed E-state index contributed by atoms with van der Waals surface area (Å²) >= 11 is 0. The van der Waals surface area contributed by atoms with E-state index in [1.807, 2.05) is 30.3 Å². The molecule has 8 heteroatoms. The van der Waals surface area contributed by atoms with Gasteiger partial charge in [-0.15, -0.1) is 0 Å². The van der Waals surface area contributed by atoms with Crippen molar-refractivity contribution in [1.82, 2.24) is 9.97 Å². The smallest absolute Gasteiger partial charge is 0.339 e. The number of benzene rings is 3. The van der Waals surface area contributed by atoms with Gasteiger partial charge in [0.05, 0.1) is 35.0 Å². The van der Waals surface area contributed by atoms with Gasteiger partial charge in [0.15, 0.2) is 6.61 Å². The van der Waals surface area contributed by atoms with Crippen molar-refractivity contribution in [2.24, 2.45) is 0 Å². The minimum absolute atomic E-state index is 0.202. The number of hydrogen-bond donors (Lipinski definition) is 2. The Kier molecular flexibility index (Phi) is 5.94. The molecule has 0 saturated heterocycles. The molecule has 0 spiro atoms. The van der Waals surface area contributed by atoms with Gasteiger partial charge in [0.25, 0.3) is 5.91 Å². The summed E-state index contributed by atoms with van der Waals surface area (Å²) in [5, 5.41) is 2.55. The van der Waals surface area contributed by atoms with Crippen molar-refractivity contribution in [2.45, 2.75) is 0 Å². The van der Waals surface area contributed by atoms with Crippen molar-refractivity contribution in [2.75, 3.05) is 19.0 Å². The number of aromatic amines is 1. The predicted molar refractivity (Wildman–Crippen MR) is 118 cm³/mol. The lowest BCUT2D eigenvalue weighted by molar-refractivity contribution is -0.119. The number of hydrogen-bond acceptors (Lipinski definition) is 6. The lowest BCUT2D eigenvalue weighted by atomic mass is 10.2. The number of imidazole rings is 1. The maximum absolute atomic E-state index is 12.4. The van der Waals surface area contributed by atoms with E-state index < -0.39 is 24.5 Å². The number of nitrogens with one attached hydrogen (secondary N) is 2. The number of para-hydroxylation sites is 1. The van der Waals surface area contributed by atoms with E-state index in [0.29, 0.717) is 16.9 Å². The Morgan fingerprint density at radius 2 is 1.69 bits per heavy atom. The highest BCUT2D eigenvalue weighted by atomic mass is 16.5. The highest BCUT2D eigenvalue weighted by Gasteiger charge is 2.16. The third-order valence-corrected chi connectivity index (χ3v) is 4.71. The van der Waals surface area contributed by atoms with Crippen LogP contribution < -0.4 is 5.32 Å². The summed E-state index contributed by atoms with van der Waals surface area (Å²) in [6.07, 6.45) is 0. The van der Waals surface area contributed by atoms with Crippen molar-refractivity contribution >= 4 is 34.6 Å². The van der Waals surface area contributed by atoms with Crippen LogP contribution >= 0.6 is 0 Å². The lowest BCUT2D eigenvalue weighted by Gasteiger charge is -2.10. The monoisotopic (exact) mass is 429 g/mol. The van der Waals surface area contributed by atoms with Gasteiger partial charge in [-0.2, -0.15) is 0 Å². The Morgan fingerprint density at radius 1 is 0.938 bits per heavy atom. The summed E-state index contributed by atoms with van der Waals surface area (Å²) in [7, 11) is 1.25. The maximum Gasteiger partial charge on any atom is 0.339 e. The van der Waals surface area contributed by atoms with Gasteiger partial charge in [0.2, 0.25) is 0 Å². The molecule has 0 fully saturated rings. The van der Waals surface area contributed by atoms with Crippen LogP contribution in [0.4, 0.5) is 5.69 Å². The van der Waals surface area contributed by atoms with Crippen molar-refractivity contribution in [1.29, 1.82) is 0 Å². The number of amides is 1. The van der Waals surface area contributed by atoms with Crippen LogP contribution in [0.1, 0.15) is 20.7 Å². The Balaban J connectivity index is 1.42. The first kappa shape index (κ1) is 20.8. The molecule has 1 amide bonds. The molecule has 4 aromatic rings. The lowest BCUT2D eigenvalue weighted by Crippen LogP contribution is -2.22. The molecule has 3 aromatic carbocycles. The van der Waals surface area contributed by atoms with Crippen LogP contribution in [0, 0.1) is 0 Å². The van der Waals surface area contributed by atoms with Crippen molar-refractivity contribution in [3.05, 3.63) is 83.9 Å². The molecule has 1 heterocycles. The van der Waals surface area contributed by atoms with Gasteiger partial charge >= 0.3 is 11.9 Å². The summed E-state index contributed by atoms with van der Waals surface area (Å²) in [5.74, 6) is -1.13. The Labute approximate surface area is 183 Å². The fourth-order valence-corrected chi connectivity index (χ4v) is 3.15. The zero-order valence-corrected chi connectivity index (χ0v) is 17.1. The number of carbonyl (C=O) groups is 3. The second-order valence-electron chi connectivity index (χ2n) is 6.84. The average molecular weight is 429 g/mol. The van der Waals surface area contributed by atoms with E-state index in [0.717, 1.165) is 5.56 Å². The second kappa shape index (κ2) is 9.13. The summed E-state index contributed by atoms with van der Waals surface area (Å²) < 4.78 is 9.82. The summed E-state index contributed by atoms with van der Waals surface area (Å²) in [6.45, 7) is -0.509. The number of rotatable bonds is 6. The first-order valence-electron chi connectivity index (χ1n) is 9.74. The molecule has 0 atom stereocenters. The quantitative estimate of drug-likeness (QED) is 0.451. The zero-order chi connectivity index (χ0) is 22.5. The summed E-state index contributed by atoms with van der Waals surface area (Å²) in [5.41, 5.74) is 3.06. The predicted octanol–water partition coefficient (Wildman–Crippen LogP) is 3.81. The number of carbonyl (C=O) groups excluding carboxylic acids is 3. The Hall–Kier alpha value is -4.46. The number of ether oxygens (including phenoxy) is 2. The van der Waals surface area contributed by atoms with Crippen LogP contribution in [-0.2, 0) is 14.3 Å². The number of H-pyrrole nitrogens is 1. The molecule has 4 rings (SSSR count). The van der Waals surface area contributed by atoms with Gasteiger partial charge in [-0.25, -0.2) is 14.6 Å². The Morgan fingerprint density at radius 3 is 2.47 bits per heavy atom. The molecule has 0 radical (unpaired) electrons. The number of esters is 2. The molecule has 0 unspecified atom stereocenters. The van der Waals surface area contributed by atoms with E-state index in [2.05, 4.69) is 15.3 Å².